The highest BCUT2D eigenvalue weighted by atomic mass is 79.9. The van der Waals surface area contributed by atoms with Crippen molar-refractivity contribution in [3.8, 4) is 0 Å². The van der Waals surface area contributed by atoms with Gasteiger partial charge in [0, 0.05) is 20.3 Å². The Kier molecular flexibility index (Phi) is 6.16. The van der Waals surface area contributed by atoms with Crippen LogP contribution in [0.3, 0.4) is 0 Å². The standard InChI is InChI=1S/C27H18BrClN2O3S2/c28-17-8-12-19(13-9-17)31-24(32)21-20(16-6-10-18(29)11-7-16)23-26(35-22(21)25(31)33)30(27(34)36-23)14-15-4-2-1-3-5-15/h1-13,20-22H,14H2. The van der Waals surface area contributed by atoms with Crippen LogP contribution in [-0.2, 0) is 16.1 Å². The van der Waals surface area contributed by atoms with E-state index in [0.29, 0.717) is 17.3 Å². The normalized spacial score (nSPS) is 20.9. The minimum atomic E-state index is -0.634. The fourth-order valence-electron chi connectivity index (χ4n) is 4.90. The van der Waals surface area contributed by atoms with Crippen LogP contribution < -0.4 is 9.77 Å². The van der Waals surface area contributed by atoms with Crippen LogP contribution in [0, 0.1) is 5.92 Å². The number of thiazole rings is 1. The van der Waals surface area contributed by atoms with E-state index in [4.69, 9.17) is 11.6 Å². The first-order chi connectivity index (χ1) is 17.4. The highest BCUT2D eigenvalue weighted by Crippen LogP contribution is 2.54. The van der Waals surface area contributed by atoms with E-state index in [1.807, 2.05) is 54.6 Å². The number of carbonyl (C=O) groups is 2. The number of rotatable bonds is 4. The molecule has 1 aromatic heterocycles. The van der Waals surface area contributed by atoms with Gasteiger partial charge >= 0.3 is 4.87 Å². The molecule has 0 spiro atoms. The molecule has 2 aliphatic rings. The summed E-state index contributed by atoms with van der Waals surface area (Å²) in [6, 6.07) is 24.3. The Morgan fingerprint density at radius 2 is 1.56 bits per heavy atom. The lowest BCUT2D eigenvalue weighted by Crippen LogP contribution is -2.32. The molecule has 0 N–H and O–H groups in total. The van der Waals surface area contributed by atoms with E-state index in [2.05, 4.69) is 15.9 Å². The highest BCUT2D eigenvalue weighted by Gasteiger charge is 2.56. The molecule has 9 heteroatoms. The summed E-state index contributed by atoms with van der Waals surface area (Å²) in [5, 5.41) is 0.708. The van der Waals surface area contributed by atoms with Gasteiger partial charge in [0.15, 0.2) is 0 Å². The predicted octanol–water partition coefficient (Wildman–Crippen LogP) is 6.17. The number of imide groups is 1. The third-order valence-electron chi connectivity index (χ3n) is 6.55. The van der Waals surface area contributed by atoms with E-state index in [-0.39, 0.29) is 16.7 Å². The number of fused-ring (bicyclic) bond motifs is 2. The number of aromatic nitrogens is 1. The molecule has 3 heterocycles. The quantitative estimate of drug-likeness (QED) is 0.264. The summed E-state index contributed by atoms with van der Waals surface area (Å²) in [5.41, 5.74) is 2.40. The second-order valence-electron chi connectivity index (χ2n) is 8.69. The average molecular weight is 598 g/mol. The lowest BCUT2D eigenvalue weighted by atomic mass is 9.83. The van der Waals surface area contributed by atoms with Gasteiger partial charge in [-0.15, -0.1) is 0 Å². The average Bonchev–Trinajstić information content (AvgIpc) is 3.32. The van der Waals surface area contributed by atoms with Gasteiger partial charge < -0.3 is 0 Å². The van der Waals surface area contributed by atoms with Crippen LogP contribution in [0.5, 0.6) is 0 Å². The second kappa shape index (κ2) is 9.34. The summed E-state index contributed by atoms with van der Waals surface area (Å²) < 4.78 is 2.60. The van der Waals surface area contributed by atoms with E-state index >= 15 is 0 Å². The molecule has 0 radical (unpaired) electrons. The van der Waals surface area contributed by atoms with Crippen molar-refractivity contribution < 1.29 is 9.59 Å². The third kappa shape index (κ3) is 3.96. The number of amides is 2. The van der Waals surface area contributed by atoms with Gasteiger partial charge in [0.05, 0.1) is 23.2 Å². The largest absolute Gasteiger partial charge is 0.308 e. The van der Waals surface area contributed by atoms with Crippen molar-refractivity contribution in [2.75, 3.05) is 4.90 Å². The maximum Gasteiger partial charge on any atom is 0.308 e. The maximum atomic E-state index is 13.9. The number of thioether (sulfide) groups is 1. The molecule has 5 nitrogen and oxygen atoms in total. The van der Waals surface area contributed by atoms with Crippen LogP contribution in [0.2, 0.25) is 5.02 Å². The minimum Gasteiger partial charge on any atom is -0.289 e. The number of anilines is 1. The number of benzene rings is 3. The van der Waals surface area contributed by atoms with Crippen molar-refractivity contribution in [2.45, 2.75) is 22.7 Å². The molecule has 0 bridgehead atoms. The molecule has 180 valence electrons. The van der Waals surface area contributed by atoms with Gasteiger partial charge in [0.1, 0.15) is 5.25 Å². The predicted molar refractivity (Wildman–Crippen MR) is 147 cm³/mol. The summed E-state index contributed by atoms with van der Waals surface area (Å²) in [6.07, 6.45) is 0. The van der Waals surface area contributed by atoms with Crippen LogP contribution >= 0.6 is 50.6 Å². The molecule has 1 fully saturated rings. The van der Waals surface area contributed by atoms with Crippen molar-refractivity contribution in [1.29, 1.82) is 0 Å². The molecule has 36 heavy (non-hydrogen) atoms. The van der Waals surface area contributed by atoms with Gasteiger partial charge in [-0.05, 0) is 47.5 Å². The Balaban J connectivity index is 1.49. The van der Waals surface area contributed by atoms with Gasteiger partial charge in [-0.1, -0.05) is 93.1 Å². The molecule has 0 aliphatic carbocycles. The number of nitrogens with zero attached hydrogens (tertiary/aromatic N) is 2. The van der Waals surface area contributed by atoms with Crippen LogP contribution in [-0.4, -0.2) is 21.6 Å². The first kappa shape index (κ1) is 23.7. The fourth-order valence-corrected chi connectivity index (χ4v) is 8.06. The molecular formula is C27H18BrClN2O3S2. The molecule has 3 unspecified atom stereocenters. The smallest absolute Gasteiger partial charge is 0.289 e. The zero-order chi connectivity index (χ0) is 25.0. The monoisotopic (exact) mass is 596 g/mol. The zero-order valence-corrected chi connectivity index (χ0v) is 22.6. The Bertz CT molecular complexity index is 1530. The van der Waals surface area contributed by atoms with Crippen molar-refractivity contribution in [3.05, 3.63) is 114 Å². The van der Waals surface area contributed by atoms with Crippen LogP contribution in [0.1, 0.15) is 21.9 Å². The lowest BCUT2D eigenvalue weighted by molar-refractivity contribution is -0.122. The number of halogens is 2. The van der Waals surface area contributed by atoms with Gasteiger partial charge in [-0.3, -0.25) is 19.0 Å². The molecule has 3 aromatic carbocycles. The molecule has 3 atom stereocenters. The molecule has 4 aromatic rings. The minimum absolute atomic E-state index is 0.0973. The Morgan fingerprint density at radius 3 is 2.25 bits per heavy atom. The van der Waals surface area contributed by atoms with Gasteiger partial charge in [-0.25, -0.2) is 4.90 Å². The first-order valence-corrected chi connectivity index (χ1v) is 14.1. The second-order valence-corrected chi connectivity index (χ2v) is 12.2. The van der Waals surface area contributed by atoms with Crippen molar-refractivity contribution >= 4 is 68.1 Å². The molecule has 6 rings (SSSR count). The van der Waals surface area contributed by atoms with Gasteiger partial charge in [-0.2, -0.15) is 0 Å². The molecular weight excluding hydrogens is 580 g/mol. The van der Waals surface area contributed by atoms with Crippen molar-refractivity contribution in [2.24, 2.45) is 5.92 Å². The van der Waals surface area contributed by atoms with E-state index in [1.165, 1.54) is 16.7 Å². The molecule has 1 saturated heterocycles. The Hall–Kier alpha value is -2.65. The maximum absolute atomic E-state index is 13.9. The summed E-state index contributed by atoms with van der Waals surface area (Å²) >= 11 is 12.1. The summed E-state index contributed by atoms with van der Waals surface area (Å²) in [6.45, 7) is 0.405. The van der Waals surface area contributed by atoms with E-state index < -0.39 is 17.1 Å². The summed E-state index contributed by atoms with van der Waals surface area (Å²) in [5.74, 6) is -1.55. The highest BCUT2D eigenvalue weighted by molar-refractivity contribution is 9.10. The van der Waals surface area contributed by atoms with Gasteiger partial charge in [0.25, 0.3) is 0 Å². The third-order valence-corrected chi connectivity index (χ3v) is 9.93. The molecule has 2 aliphatic heterocycles. The number of carbonyl (C=O) groups excluding carboxylic acids is 2. The van der Waals surface area contributed by atoms with Crippen molar-refractivity contribution in [1.82, 2.24) is 4.57 Å². The topological polar surface area (TPSA) is 59.4 Å². The van der Waals surface area contributed by atoms with Crippen LogP contribution in [0.4, 0.5) is 5.69 Å². The molecule has 2 amide bonds. The SMILES string of the molecule is O=C1C2Sc3c(sc(=O)n3Cc3ccccc3)C(c3ccc(Cl)cc3)C2C(=O)N1c1ccc(Br)cc1. The Labute approximate surface area is 228 Å². The number of hydrogen-bond donors (Lipinski definition) is 0. The first-order valence-electron chi connectivity index (χ1n) is 11.3. The van der Waals surface area contributed by atoms with E-state index in [1.54, 1.807) is 28.8 Å². The Morgan fingerprint density at radius 1 is 0.861 bits per heavy atom. The summed E-state index contributed by atoms with van der Waals surface area (Å²) in [7, 11) is 0. The van der Waals surface area contributed by atoms with Gasteiger partial charge in [0.2, 0.25) is 11.8 Å². The fraction of sp³-hybridized carbons (Fsp3) is 0.148. The lowest BCUT2D eigenvalue weighted by Gasteiger charge is -2.30. The zero-order valence-electron chi connectivity index (χ0n) is 18.6. The molecule has 0 saturated carbocycles. The van der Waals surface area contributed by atoms with E-state index in [0.717, 1.165) is 36.8 Å². The number of hydrogen-bond acceptors (Lipinski definition) is 5. The van der Waals surface area contributed by atoms with Crippen LogP contribution in [0.25, 0.3) is 0 Å². The van der Waals surface area contributed by atoms with Crippen LogP contribution in [0.15, 0.2) is 93.2 Å². The van der Waals surface area contributed by atoms with E-state index in [9.17, 15) is 14.4 Å². The van der Waals surface area contributed by atoms with Crippen molar-refractivity contribution in [3.63, 3.8) is 0 Å². The summed E-state index contributed by atoms with van der Waals surface area (Å²) in [4.78, 5) is 42.8.